The predicted octanol–water partition coefficient (Wildman–Crippen LogP) is 4.44. The minimum Gasteiger partial charge on any atom is -0.465 e. The topological polar surface area (TPSA) is 93.9 Å². The van der Waals surface area contributed by atoms with E-state index in [-0.39, 0.29) is 17.9 Å². The zero-order valence-corrected chi connectivity index (χ0v) is 17.8. The van der Waals surface area contributed by atoms with Crippen molar-refractivity contribution < 1.29 is 19.2 Å². The first-order chi connectivity index (χ1) is 15.5. The number of methoxy groups -OCH3 is 1. The van der Waals surface area contributed by atoms with E-state index in [9.17, 15) is 9.59 Å². The lowest BCUT2D eigenvalue weighted by molar-refractivity contribution is -0.0717. The van der Waals surface area contributed by atoms with Gasteiger partial charge in [-0.2, -0.15) is 0 Å². The number of ether oxygens (including phenoxy) is 1. The fourth-order valence-corrected chi connectivity index (χ4v) is 3.75. The fourth-order valence-electron chi connectivity index (χ4n) is 3.75. The molecule has 0 saturated carbocycles. The second kappa shape index (κ2) is 9.53. The number of carbonyl (C=O) groups is 2. The van der Waals surface area contributed by atoms with E-state index in [1.807, 2.05) is 41.5 Å². The highest BCUT2D eigenvalue weighted by atomic mass is 16.7. The number of nitrogens with zero attached hydrogens (tertiary/aromatic N) is 1. The first kappa shape index (κ1) is 21.4. The number of nitrogens with one attached hydrogen (secondary N) is 1. The number of nitrogens with two attached hydrogens (primary N) is 1. The van der Waals surface area contributed by atoms with Crippen molar-refractivity contribution in [2.75, 3.05) is 24.7 Å². The Morgan fingerprint density at radius 3 is 2.34 bits per heavy atom. The standard InChI is InChI=1S/C25H25N3O4/c1-31-25(30)19-12-14-20(15-13-19)32-28-16-4-7-23(28)17-8-10-18(11-9-17)24(29)27-22-6-3-2-5-21(22)26/h2-3,5-6,8-15,23H,4,7,16,26H2,1H3,(H,27,29)/t23-/m0/s1. The number of carbonyl (C=O) groups excluding carboxylic acids is 2. The summed E-state index contributed by atoms with van der Waals surface area (Å²) in [6.45, 7) is 0.791. The third-order valence-electron chi connectivity index (χ3n) is 5.47. The van der Waals surface area contributed by atoms with Gasteiger partial charge in [0.15, 0.2) is 0 Å². The Labute approximate surface area is 186 Å². The number of esters is 1. The third kappa shape index (κ3) is 4.73. The minimum atomic E-state index is -0.380. The number of hydroxylamine groups is 2. The van der Waals surface area contributed by atoms with Crippen LogP contribution in [0.3, 0.4) is 0 Å². The summed E-state index contributed by atoms with van der Waals surface area (Å²) < 4.78 is 4.73. The Balaban J connectivity index is 1.42. The number of amides is 1. The number of anilines is 2. The van der Waals surface area contributed by atoms with Crippen molar-refractivity contribution in [3.8, 4) is 5.75 Å². The van der Waals surface area contributed by atoms with E-state index in [2.05, 4.69) is 5.32 Å². The zero-order chi connectivity index (χ0) is 22.5. The molecule has 1 fully saturated rings. The molecule has 0 unspecified atom stereocenters. The summed E-state index contributed by atoms with van der Waals surface area (Å²) in [4.78, 5) is 30.2. The maximum absolute atomic E-state index is 12.6. The molecule has 164 valence electrons. The highest BCUT2D eigenvalue weighted by Crippen LogP contribution is 2.33. The number of para-hydroxylation sites is 2. The van der Waals surface area contributed by atoms with Crippen molar-refractivity contribution in [1.29, 1.82) is 0 Å². The zero-order valence-electron chi connectivity index (χ0n) is 17.8. The average Bonchev–Trinajstić information content (AvgIpc) is 3.28. The van der Waals surface area contributed by atoms with Crippen LogP contribution in [0.5, 0.6) is 5.75 Å². The second-order valence-corrected chi connectivity index (χ2v) is 7.57. The van der Waals surface area contributed by atoms with Gasteiger partial charge in [-0.3, -0.25) is 4.79 Å². The number of rotatable bonds is 6. The summed E-state index contributed by atoms with van der Waals surface area (Å²) in [5, 5.41) is 4.78. The van der Waals surface area contributed by atoms with Crippen molar-refractivity contribution in [2.24, 2.45) is 0 Å². The molecule has 1 heterocycles. The molecule has 0 aliphatic carbocycles. The van der Waals surface area contributed by atoms with Gasteiger partial charge in [0, 0.05) is 12.1 Å². The van der Waals surface area contributed by atoms with Crippen LogP contribution < -0.4 is 15.9 Å². The molecule has 1 atom stereocenters. The van der Waals surface area contributed by atoms with Gasteiger partial charge in [-0.25, -0.2) is 4.79 Å². The number of hydrogen-bond acceptors (Lipinski definition) is 6. The maximum Gasteiger partial charge on any atom is 0.337 e. The lowest BCUT2D eigenvalue weighted by Crippen LogP contribution is -2.27. The molecule has 0 spiro atoms. The molecule has 3 N–H and O–H groups in total. The van der Waals surface area contributed by atoms with Gasteiger partial charge in [0.25, 0.3) is 5.91 Å². The van der Waals surface area contributed by atoms with Gasteiger partial charge in [0.1, 0.15) is 5.75 Å². The molecular weight excluding hydrogens is 406 g/mol. The summed E-state index contributed by atoms with van der Waals surface area (Å²) in [6, 6.07) is 21.6. The van der Waals surface area contributed by atoms with E-state index in [1.165, 1.54) is 7.11 Å². The van der Waals surface area contributed by atoms with Gasteiger partial charge in [0.05, 0.1) is 30.1 Å². The second-order valence-electron chi connectivity index (χ2n) is 7.57. The first-order valence-corrected chi connectivity index (χ1v) is 10.4. The molecule has 1 aliphatic heterocycles. The van der Waals surface area contributed by atoms with Crippen LogP contribution in [0.4, 0.5) is 11.4 Å². The molecule has 7 nitrogen and oxygen atoms in total. The molecule has 1 aliphatic rings. The predicted molar refractivity (Wildman–Crippen MR) is 122 cm³/mol. The van der Waals surface area contributed by atoms with Gasteiger partial charge < -0.3 is 20.6 Å². The Bertz CT molecular complexity index is 1100. The van der Waals surface area contributed by atoms with Crippen LogP contribution in [0, 0.1) is 0 Å². The largest absolute Gasteiger partial charge is 0.465 e. The molecular formula is C25H25N3O4. The van der Waals surface area contributed by atoms with E-state index < -0.39 is 0 Å². The molecule has 32 heavy (non-hydrogen) atoms. The fraction of sp³-hybridized carbons (Fsp3) is 0.200. The van der Waals surface area contributed by atoms with Crippen LogP contribution in [-0.2, 0) is 4.74 Å². The smallest absolute Gasteiger partial charge is 0.337 e. The number of nitrogen functional groups attached to an aromatic ring is 1. The van der Waals surface area contributed by atoms with Gasteiger partial charge >= 0.3 is 5.97 Å². The van der Waals surface area contributed by atoms with Crippen molar-refractivity contribution in [1.82, 2.24) is 5.06 Å². The van der Waals surface area contributed by atoms with Crippen molar-refractivity contribution in [3.63, 3.8) is 0 Å². The van der Waals surface area contributed by atoms with Crippen molar-refractivity contribution in [2.45, 2.75) is 18.9 Å². The van der Waals surface area contributed by atoms with Crippen LogP contribution in [0.2, 0.25) is 0 Å². The van der Waals surface area contributed by atoms with E-state index in [4.69, 9.17) is 15.3 Å². The molecule has 0 bridgehead atoms. The minimum absolute atomic E-state index is 0.0807. The van der Waals surface area contributed by atoms with Crippen LogP contribution in [0.1, 0.15) is 45.2 Å². The molecule has 3 aromatic rings. The van der Waals surface area contributed by atoms with Crippen LogP contribution in [0.25, 0.3) is 0 Å². The quantitative estimate of drug-likeness (QED) is 0.443. The lowest BCUT2D eigenvalue weighted by Gasteiger charge is -2.25. The van der Waals surface area contributed by atoms with E-state index >= 15 is 0 Å². The monoisotopic (exact) mass is 431 g/mol. The summed E-state index contributed by atoms with van der Waals surface area (Å²) in [5.41, 5.74) is 9.13. The van der Waals surface area contributed by atoms with E-state index in [0.717, 1.165) is 24.9 Å². The molecule has 7 heteroatoms. The molecule has 0 radical (unpaired) electrons. The Hall–Kier alpha value is -3.84. The van der Waals surface area contributed by atoms with E-state index in [0.29, 0.717) is 28.3 Å². The van der Waals surface area contributed by atoms with Crippen molar-refractivity contribution in [3.05, 3.63) is 89.5 Å². The highest BCUT2D eigenvalue weighted by molar-refractivity contribution is 6.05. The van der Waals surface area contributed by atoms with Gasteiger partial charge in [0.2, 0.25) is 0 Å². The summed E-state index contributed by atoms with van der Waals surface area (Å²) in [7, 11) is 1.35. The van der Waals surface area contributed by atoms with Gasteiger partial charge in [-0.1, -0.05) is 24.3 Å². The SMILES string of the molecule is COC(=O)c1ccc(ON2CCC[C@H]2c2ccc(C(=O)Nc3ccccc3N)cc2)cc1. The molecule has 4 rings (SSSR count). The third-order valence-corrected chi connectivity index (χ3v) is 5.47. The van der Waals surface area contributed by atoms with Crippen molar-refractivity contribution >= 4 is 23.3 Å². The van der Waals surface area contributed by atoms with Crippen LogP contribution >= 0.6 is 0 Å². The summed E-state index contributed by atoms with van der Waals surface area (Å²) >= 11 is 0. The Morgan fingerprint density at radius 1 is 0.969 bits per heavy atom. The lowest BCUT2D eigenvalue weighted by atomic mass is 10.0. The van der Waals surface area contributed by atoms with Gasteiger partial charge in [-0.15, -0.1) is 5.06 Å². The Morgan fingerprint density at radius 2 is 1.66 bits per heavy atom. The number of hydrogen-bond donors (Lipinski definition) is 2. The maximum atomic E-state index is 12.6. The average molecular weight is 431 g/mol. The highest BCUT2D eigenvalue weighted by Gasteiger charge is 2.28. The normalized spacial score (nSPS) is 15.8. The number of benzene rings is 3. The van der Waals surface area contributed by atoms with E-state index in [1.54, 1.807) is 36.4 Å². The van der Waals surface area contributed by atoms with Crippen LogP contribution in [-0.4, -0.2) is 30.6 Å². The molecule has 3 aromatic carbocycles. The van der Waals surface area contributed by atoms with Crippen LogP contribution in [0.15, 0.2) is 72.8 Å². The molecule has 1 saturated heterocycles. The molecule has 1 amide bonds. The Kier molecular flexibility index (Phi) is 6.37. The first-order valence-electron chi connectivity index (χ1n) is 10.4. The summed E-state index contributed by atoms with van der Waals surface area (Å²) in [6.07, 6.45) is 1.95. The summed E-state index contributed by atoms with van der Waals surface area (Å²) in [5.74, 6) is 0.0651. The molecule has 0 aromatic heterocycles. The van der Waals surface area contributed by atoms with Gasteiger partial charge in [-0.05, 0) is 66.9 Å².